The van der Waals surface area contributed by atoms with E-state index in [1.807, 2.05) is 12.1 Å². The van der Waals surface area contributed by atoms with Gasteiger partial charge in [0, 0.05) is 11.1 Å². The largest absolute Gasteiger partial charge is 0.323 e. The van der Waals surface area contributed by atoms with Gasteiger partial charge in [-0.15, -0.1) is 0 Å². The van der Waals surface area contributed by atoms with E-state index in [1.165, 1.54) is 11.1 Å². The second-order valence-corrected chi connectivity index (χ2v) is 4.92. The summed E-state index contributed by atoms with van der Waals surface area (Å²) in [7, 11) is 0. The Morgan fingerprint density at radius 3 is 2.85 bits per heavy atom. The van der Waals surface area contributed by atoms with Crippen LogP contribution in [0.1, 0.15) is 31.0 Å². The number of halogens is 1. The van der Waals surface area contributed by atoms with Crippen molar-refractivity contribution in [2.75, 3.05) is 0 Å². The number of benzene rings is 1. The first-order valence-electron chi connectivity index (χ1n) is 4.54. The standard InChI is InChI=1S/C11H14ClN/c1-11(2)6-7-3-4-8(12)5-9(7)10(11)13/h3-5,10H,6,13H2,1-2H3. The van der Waals surface area contributed by atoms with Crippen LogP contribution in [0.3, 0.4) is 0 Å². The summed E-state index contributed by atoms with van der Waals surface area (Å²) in [5.41, 5.74) is 8.88. The molecule has 0 heterocycles. The molecule has 2 N–H and O–H groups in total. The van der Waals surface area contributed by atoms with Crippen LogP contribution in [0.25, 0.3) is 0 Å². The summed E-state index contributed by atoms with van der Waals surface area (Å²) in [5, 5.41) is 0.784. The lowest BCUT2D eigenvalue weighted by Gasteiger charge is -2.23. The van der Waals surface area contributed by atoms with E-state index in [9.17, 15) is 0 Å². The molecule has 0 aliphatic heterocycles. The normalized spacial score (nSPS) is 24.5. The van der Waals surface area contributed by atoms with Crippen molar-refractivity contribution >= 4 is 11.6 Å². The zero-order valence-electron chi connectivity index (χ0n) is 7.97. The van der Waals surface area contributed by atoms with E-state index in [0.29, 0.717) is 0 Å². The molecular weight excluding hydrogens is 182 g/mol. The number of fused-ring (bicyclic) bond motifs is 1. The highest BCUT2D eigenvalue weighted by atomic mass is 35.5. The second-order valence-electron chi connectivity index (χ2n) is 4.49. The van der Waals surface area contributed by atoms with Crippen molar-refractivity contribution < 1.29 is 0 Å². The van der Waals surface area contributed by atoms with Crippen LogP contribution in [0, 0.1) is 5.41 Å². The van der Waals surface area contributed by atoms with Crippen LogP contribution in [0.4, 0.5) is 0 Å². The van der Waals surface area contributed by atoms with Gasteiger partial charge in [-0.25, -0.2) is 0 Å². The van der Waals surface area contributed by atoms with Crippen LogP contribution < -0.4 is 5.73 Å². The number of hydrogen-bond acceptors (Lipinski definition) is 1. The second kappa shape index (κ2) is 2.73. The van der Waals surface area contributed by atoms with Gasteiger partial charge in [0.1, 0.15) is 0 Å². The third-order valence-corrected chi connectivity index (χ3v) is 3.17. The third-order valence-electron chi connectivity index (χ3n) is 2.93. The van der Waals surface area contributed by atoms with Crippen LogP contribution >= 0.6 is 11.6 Å². The minimum atomic E-state index is 0.126. The van der Waals surface area contributed by atoms with E-state index < -0.39 is 0 Å². The van der Waals surface area contributed by atoms with Gasteiger partial charge in [0.15, 0.2) is 0 Å². The molecule has 1 atom stereocenters. The molecular formula is C11H14ClN. The van der Waals surface area contributed by atoms with Crippen LogP contribution in [0.15, 0.2) is 18.2 Å². The topological polar surface area (TPSA) is 26.0 Å². The van der Waals surface area contributed by atoms with Gasteiger partial charge >= 0.3 is 0 Å². The molecule has 0 saturated heterocycles. The quantitative estimate of drug-likeness (QED) is 0.677. The molecule has 0 saturated carbocycles. The Bertz CT molecular complexity index is 344. The summed E-state index contributed by atoms with van der Waals surface area (Å²) in [6, 6.07) is 6.15. The summed E-state index contributed by atoms with van der Waals surface area (Å²) >= 11 is 5.93. The fraction of sp³-hybridized carbons (Fsp3) is 0.455. The summed E-state index contributed by atoms with van der Waals surface area (Å²) < 4.78 is 0. The Labute approximate surface area is 83.9 Å². The molecule has 70 valence electrons. The van der Waals surface area contributed by atoms with Crippen LogP contribution in [-0.4, -0.2) is 0 Å². The maximum absolute atomic E-state index is 6.13. The lowest BCUT2D eigenvalue weighted by molar-refractivity contribution is 0.319. The lowest BCUT2D eigenvalue weighted by Crippen LogP contribution is -2.24. The van der Waals surface area contributed by atoms with Crippen molar-refractivity contribution in [3.63, 3.8) is 0 Å². The summed E-state index contributed by atoms with van der Waals surface area (Å²) in [6.45, 7) is 4.40. The van der Waals surface area contributed by atoms with Crippen molar-refractivity contribution in [3.05, 3.63) is 34.3 Å². The molecule has 1 aromatic rings. The Balaban J connectivity index is 2.51. The van der Waals surface area contributed by atoms with Gasteiger partial charge in [0.2, 0.25) is 0 Å². The van der Waals surface area contributed by atoms with E-state index in [1.54, 1.807) is 0 Å². The van der Waals surface area contributed by atoms with Crippen molar-refractivity contribution in [1.29, 1.82) is 0 Å². The SMILES string of the molecule is CC1(C)Cc2ccc(Cl)cc2C1N. The lowest BCUT2D eigenvalue weighted by atomic mass is 9.86. The van der Waals surface area contributed by atoms with Gasteiger partial charge in [-0.2, -0.15) is 0 Å². The highest BCUT2D eigenvalue weighted by molar-refractivity contribution is 6.30. The molecule has 0 spiro atoms. The molecule has 0 aromatic heterocycles. The van der Waals surface area contributed by atoms with Crippen molar-refractivity contribution in [3.8, 4) is 0 Å². The minimum absolute atomic E-state index is 0.126. The average Bonchev–Trinajstić information content (AvgIpc) is 2.26. The van der Waals surface area contributed by atoms with Crippen LogP contribution in [0.5, 0.6) is 0 Å². The van der Waals surface area contributed by atoms with Crippen LogP contribution in [0.2, 0.25) is 5.02 Å². The molecule has 1 nitrogen and oxygen atoms in total. The first-order chi connectivity index (χ1) is 6.00. The fourth-order valence-electron chi connectivity index (χ4n) is 2.04. The predicted molar refractivity (Wildman–Crippen MR) is 55.9 cm³/mol. The average molecular weight is 196 g/mol. The smallest absolute Gasteiger partial charge is 0.0409 e. The highest BCUT2D eigenvalue weighted by Gasteiger charge is 2.36. The maximum Gasteiger partial charge on any atom is 0.0409 e. The third kappa shape index (κ3) is 1.36. The van der Waals surface area contributed by atoms with Gasteiger partial charge in [-0.1, -0.05) is 31.5 Å². The van der Waals surface area contributed by atoms with Gasteiger partial charge in [-0.3, -0.25) is 0 Å². The molecule has 0 bridgehead atoms. The summed E-state index contributed by atoms with van der Waals surface area (Å²) in [6.07, 6.45) is 1.06. The first kappa shape index (κ1) is 9.04. The molecule has 0 fully saturated rings. The molecule has 13 heavy (non-hydrogen) atoms. The van der Waals surface area contributed by atoms with Gasteiger partial charge in [-0.05, 0) is 35.1 Å². The maximum atomic E-state index is 6.13. The Morgan fingerprint density at radius 1 is 1.46 bits per heavy atom. The van der Waals surface area contributed by atoms with Crippen LogP contribution in [-0.2, 0) is 6.42 Å². The predicted octanol–water partition coefficient (Wildman–Crippen LogP) is 2.92. The van der Waals surface area contributed by atoms with Gasteiger partial charge < -0.3 is 5.73 Å². The molecule has 0 amide bonds. The van der Waals surface area contributed by atoms with E-state index in [0.717, 1.165) is 11.4 Å². The van der Waals surface area contributed by atoms with E-state index in [4.69, 9.17) is 17.3 Å². The van der Waals surface area contributed by atoms with Crippen molar-refractivity contribution in [2.24, 2.45) is 11.1 Å². The first-order valence-corrected chi connectivity index (χ1v) is 4.92. The fourth-order valence-corrected chi connectivity index (χ4v) is 2.22. The number of hydrogen-bond donors (Lipinski definition) is 1. The molecule has 1 unspecified atom stereocenters. The molecule has 1 aromatic carbocycles. The number of rotatable bonds is 0. The molecule has 1 aliphatic rings. The molecule has 1 aliphatic carbocycles. The van der Waals surface area contributed by atoms with Gasteiger partial charge in [0.05, 0.1) is 0 Å². The Morgan fingerprint density at radius 2 is 2.15 bits per heavy atom. The highest BCUT2D eigenvalue weighted by Crippen LogP contribution is 2.44. The molecule has 2 heteroatoms. The summed E-state index contributed by atoms with van der Waals surface area (Å²) in [5.74, 6) is 0. The van der Waals surface area contributed by atoms with E-state index in [2.05, 4.69) is 19.9 Å². The Hall–Kier alpha value is -0.530. The molecule has 2 rings (SSSR count). The minimum Gasteiger partial charge on any atom is -0.323 e. The van der Waals surface area contributed by atoms with Crippen molar-refractivity contribution in [2.45, 2.75) is 26.3 Å². The monoisotopic (exact) mass is 195 g/mol. The molecule has 0 radical (unpaired) electrons. The summed E-state index contributed by atoms with van der Waals surface area (Å²) in [4.78, 5) is 0. The Kier molecular flexibility index (Phi) is 1.90. The zero-order valence-corrected chi connectivity index (χ0v) is 8.73. The van der Waals surface area contributed by atoms with E-state index >= 15 is 0 Å². The van der Waals surface area contributed by atoms with Crippen molar-refractivity contribution in [1.82, 2.24) is 0 Å². The number of nitrogens with two attached hydrogens (primary N) is 1. The van der Waals surface area contributed by atoms with Gasteiger partial charge in [0.25, 0.3) is 0 Å². The zero-order chi connectivity index (χ0) is 9.64. The van der Waals surface area contributed by atoms with E-state index in [-0.39, 0.29) is 11.5 Å².